The Labute approximate surface area is 132 Å². The third kappa shape index (κ3) is 3.34. The normalized spacial score (nSPS) is 11.4. The third-order valence-electron chi connectivity index (χ3n) is 2.79. The van der Waals surface area contributed by atoms with E-state index in [0.717, 1.165) is 15.6 Å². The Morgan fingerprint density at radius 1 is 1.10 bits per heavy atom. The van der Waals surface area contributed by atoms with E-state index in [0.29, 0.717) is 10.7 Å². The van der Waals surface area contributed by atoms with Gasteiger partial charge in [0.25, 0.3) is 10.0 Å². The lowest BCUT2D eigenvalue weighted by Crippen LogP contribution is -2.13. The van der Waals surface area contributed by atoms with E-state index in [1.165, 1.54) is 0 Å². The summed E-state index contributed by atoms with van der Waals surface area (Å²) >= 11 is 9.37. The molecule has 0 aliphatic heterocycles. The maximum absolute atomic E-state index is 12.3. The first kappa shape index (κ1) is 15.4. The predicted molar refractivity (Wildman–Crippen MR) is 85.9 cm³/mol. The largest absolute Gasteiger partial charge is 0.280 e. The Kier molecular flexibility index (Phi) is 4.42. The average Bonchev–Trinajstić information content (AvgIpc) is 2.36. The molecule has 0 heterocycles. The summed E-state index contributed by atoms with van der Waals surface area (Å²) in [6.07, 6.45) is 0. The number of aryl methyl sites for hydroxylation is 2. The van der Waals surface area contributed by atoms with Crippen molar-refractivity contribution < 1.29 is 8.42 Å². The van der Waals surface area contributed by atoms with E-state index in [9.17, 15) is 8.42 Å². The van der Waals surface area contributed by atoms with Gasteiger partial charge in [-0.15, -0.1) is 0 Å². The number of hydrogen-bond acceptors (Lipinski definition) is 2. The molecule has 6 heteroatoms. The molecular formula is C14H13BrClNO2S. The smallest absolute Gasteiger partial charge is 0.261 e. The topological polar surface area (TPSA) is 46.2 Å². The van der Waals surface area contributed by atoms with Crippen LogP contribution < -0.4 is 4.72 Å². The number of rotatable bonds is 3. The van der Waals surface area contributed by atoms with Crippen LogP contribution in [0.3, 0.4) is 0 Å². The molecule has 0 bridgehead atoms. The monoisotopic (exact) mass is 373 g/mol. The second kappa shape index (κ2) is 5.76. The van der Waals surface area contributed by atoms with Crippen molar-refractivity contribution in [2.24, 2.45) is 0 Å². The average molecular weight is 375 g/mol. The Bertz CT molecular complexity index is 719. The fourth-order valence-electron chi connectivity index (χ4n) is 1.72. The number of benzene rings is 2. The minimum absolute atomic E-state index is 0.222. The van der Waals surface area contributed by atoms with Crippen molar-refractivity contribution in [3.8, 4) is 0 Å². The molecule has 0 spiro atoms. The molecule has 0 unspecified atom stereocenters. The van der Waals surface area contributed by atoms with Gasteiger partial charge in [0.15, 0.2) is 0 Å². The van der Waals surface area contributed by atoms with E-state index in [1.807, 2.05) is 13.8 Å². The Balaban J connectivity index is 2.36. The molecule has 0 saturated carbocycles. The first-order valence-corrected chi connectivity index (χ1v) is 8.50. The molecule has 0 aliphatic carbocycles. The van der Waals surface area contributed by atoms with Gasteiger partial charge in [0.2, 0.25) is 0 Å². The summed E-state index contributed by atoms with van der Waals surface area (Å²) in [5.74, 6) is 0. The summed E-state index contributed by atoms with van der Waals surface area (Å²) in [6.45, 7) is 3.75. The lowest BCUT2D eigenvalue weighted by Gasteiger charge is -2.11. The molecule has 3 nitrogen and oxygen atoms in total. The highest BCUT2D eigenvalue weighted by atomic mass is 79.9. The SMILES string of the molecule is Cc1ccc(S(=O)(=O)Nc2cc(C)c(Br)c(Cl)c2)cc1. The van der Waals surface area contributed by atoms with Gasteiger partial charge < -0.3 is 0 Å². The van der Waals surface area contributed by atoms with Crippen LogP contribution in [0.15, 0.2) is 45.8 Å². The molecule has 106 valence electrons. The Hall–Kier alpha value is -1.04. The van der Waals surface area contributed by atoms with Crippen LogP contribution in [-0.2, 0) is 10.0 Å². The molecule has 20 heavy (non-hydrogen) atoms. The maximum Gasteiger partial charge on any atom is 0.261 e. The summed E-state index contributed by atoms with van der Waals surface area (Å²) in [4.78, 5) is 0.222. The Morgan fingerprint density at radius 3 is 2.25 bits per heavy atom. The number of halogens is 2. The molecule has 1 N–H and O–H groups in total. The van der Waals surface area contributed by atoms with E-state index in [-0.39, 0.29) is 4.90 Å². The first-order chi connectivity index (χ1) is 9.29. The molecule has 0 radical (unpaired) electrons. The number of sulfonamides is 1. The summed E-state index contributed by atoms with van der Waals surface area (Å²) in [5.41, 5.74) is 2.31. The highest BCUT2D eigenvalue weighted by molar-refractivity contribution is 9.10. The minimum Gasteiger partial charge on any atom is -0.280 e. The highest BCUT2D eigenvalue weighted by Gasteiger charge is 2.15. The zero-order chi connectivity index (χ0) is 14.9. The summed E-state index contributed by atoms with van der Waals surface area (Å²) in [6, 6.07) is 9.96. The third-order valence-corrected chi connectivity index (χ3v) is 5.77. The molecule has 2 aromatic carbocycles. The van der Waals surface area contributed by atoms with Crippen LogP contribution in [0.4, 0.5) is 5.69 Å². The number of nitrogens with one attached hydrogen (secondary N) is 1. The summed E-state index contributed by atoms with van der Waals surface area (Å²) in [5, 5.41) is 0.464. The van der Waals surface area contributed by atoms with Crippen molar-refractivity contribution in [1.29, 1.82) is 0 Å². The van der Waals surface area contributed by atoms with Crippen LogP contribution in [0, 0.1) is 13.8 Å². The lowest BCUT2D eigenvalue weighted by atomic mass is 10.2. The van der Waals surface area contributed by atoms with Gasteiger partial charge in [0, 0.05) is 4.47 Å². The summed E-state index contributed by atoms with van der Waals surface area (Å²) in [7, 11) is -3.60. The number of anilines is 1. The molecule has 0 amide bonds. The van der Waals surface area contributed by atoms with Crippen molar-refractivity contribution in [3.63, 3.8) is 0 Å². The van der Waals surface area contributed by atoms with Gasteiger partial charge in [-0.2, -0.15) is 0 Å². The van der Waals surface area contributed by atoms with Crippen molar-refractivity contribution in [2.75, 3.05) is 4.72 Å². The zero-order valence-corrected chi connectivity index (χ0v) is 14.1. The van der Waals surface area contributed by atoms with Crippen LogP contribution >= 0.6 is 27.5 Å². The van der Waals surface area contributed by atoms with Gasteiger partial charge in [-0.25, -0.2) is 8.42 Å². The molecule has 0 aromatic heterocycles. The van der Waals surface area contributed by atoms with E-state index >= 15 is 0 Å². The quantitative estimate of drug-likeness (QED) is 0.858. The number of hydrogen-bond donors (Lipinski definition) is 1. The molecule has 0 atom stereocenters. The molecule has 0 saturated heterocycles. The van der Waals surface area contributed by atoms with E-state index < -0.39 is 10.0 Å². The van der Waals surface area contributed by atoms with Gasteiger partial charge in [-0.05, 0) is 59.6 Å². The van der Waals surface area contributed by atoms with Crippen LogP contribution in [-0.4, -0.2) is 8.42 Å². The zero-order valence-electron chi connectivity index (χ0n) is 10.9. The molecule has 0 aliphatic rings. The van der Waals surface area contributed by atoms with E-state index in [1.54, 1.807) is 36.4 Å². The molecule has 2 aromatic rings. The van der Waals surface area contributed by atoms with Gasteiger partial charge >= 0.3 is 0 Å². The second-order valence-corrected chi connectivity index (χ2v) is 7.39. The van der Waals surface area contributed by atoms with E-state index in [4.69, 9.17) is 11.6 Å². The van der Waals surface area contributed by atoms with Crippen molar-refractivity contribution >= 4 is 43.2 Å². The molecule has 0 fully saturated rings. The van der Waals surface area contributed by atoms with Gasteiger partial charge in [-0.1, -0.05) is 29.3 Å². The fraction of sp³-hybridized carbons (Fsp3) is 0.143. The van der Waals surface area contributed by atoms with E-state index in [2.05, 4.69) is 20.7 Å². The standard InChI is InChI=1S/C14H13BrClNO2S/c1-9-3-5-12(6-4-9)20(18,19)17-11-7-10(2)14(15)13(16)8-11/h3-8,17H,1-2H3. The fourth-order valence-corrected chi connectivity index (χ4v) is 3.25. The van der Waals surface area contributed by atoms with Crippen LogP contribution in [0.25, 0.3) is 0 Å². The molecular weight excluding hydrogens is 362 g/mol. The van der Waals surface area contributed by atoms with Crippen LogP contribution in [0.1, 0.15) is 11.1 Å². The highest BCUT2D eigenvalue weighted by Crippen LogP contribution is 2.30. The van der Waals surface area contributed by atoms with Crippen molar-refractivity contribution in [1.82, 2.24) is 0 Å². The molecule has 2 rings (SSSR count). The maximum atomic E-state index is 12.3. The van der Waals surface area contributed by atoms with Gasteiger partial charge in [0.05, 0.1) is 15.6 Å². The van der Waals surface area contributed by atoms with Crippen LogP contribution in [0.2, 0.25) is 5.02 Å². The second-order valence-electron chi connectivity index (χ2n) is 4.51. The minimum atomic E-state index is -3.60. The Morgan fingerprint density at radius 2 is 1.70 bits per heavy atom. The van der Waals surface area contributed by atoms with Gasteiger partial charge in [-0.3, -0.25) is 4.72 Å². The van der Waals surface area contributed by atoms with Crippen LogP contribution in [0.5, 0.6) is 0 Å². The lowest BCUT2D eigenvalue weighted by molar-refractivity contribution is 0.601. The predicted octanol–water partition coefficient (Wildman–Crippen LogP) is 4.52. The van der Waals surface area contributed by atoms with Crippen molar-refractivity contribution in [3.05, 3.63) is 57.0 Å². The first-order valence-electron chi connectivity index (χ1n) is 5.85. The summed E-state index contributed by atoms with van der Waals surface area (Å²) < 4.78 is 27.8. The van der Waals surface area contributed by atoms with Crippen molar-refractivity contribution in [2.45, 2.75) is 18.7 Å². The van der Waals surface area contributed by atoms with Gasteiger partial charge in [0.1, 0.15) is 0 Å².